The predicted molar refractivity (Wildman–Crippen MR) is 107 cm³/mol. The fraction of sp³-hybridized carbons (Fsp3) is 0.333. The number of pyridine rings is 1. The fourth-order valence-electron chi connectivity index (χ4n) is 3.23. The number of thioether (sulfide) groups is 1. The summed E-state index contributed by atoms with van der Waals surface area (Å²) < 4.78 is 0.798. The van der Waals surface area contributed by atoms with E-state index in [0.717, 1.165) is 33.9 Å². The van der Waals surface area contributed by atoms with Gasteiger partial charge < -0.3 is 10.2 Å². The van der Waals surface area contributed by atoms with E-state index in [4.69, 9.17) is 0 Å². The van der Waals surface area contributed by atoms with Gasteiger partial charge in [0, 0.05) is 41.9 Å². The molecule has 0 unspecified atom stereocenters. The Bertz CT molecular complexity index is 894. The van der Waals surface area contributed by atoms with Crippen molar-refractivity contribution < 1.29 is 4.79 Å². The maximum Gasteiger partial charge on any atom is 0.234 e. The van der Waals surface area contributed by atoms with Crippen LogP contribution in [0.3, 0.4) is 0 Å². The van der Waals surface area contributed by atoms with E-state index in [2.05, 4.69) is 31.5 Å². The monoisotopic (exact) mass is 385 g/mol. The van der Waals surface area contributed by atoms with Crippen LogP contribution in [0.2, 0.25) is 0 Å². The molecule has 6 nitrogen and oxygen atoms in total. The largest absolute Gasteiger partial charge is 0.371 e. The van der Waals surface area contributed by atoms with Crippen molar-refractivity contribution in [2.45, 2.75) is 23.6 Å². The van der Waals surface area contributed by atoms with Gasteiger partial charge in [0.1, 0.15) is 5.51 Å². The van der Waals surface area contributed by atoms with Crippen molar-refractivity contribution in [3.8, 4) is 0 Å². The topological polar surface area (TPSA) is 71.0 Å². The lowest BCUT2D eigenvalue weighted by atomic mass is 10.1. The number of nitrogens with one attached hydrogen (secondary N) is 1. The third-order valence-electron chi connectivity index (χ3n) is 4.43. The van der Waals surface area contributed by atoms with Crippen molar-refractivity contribution in [3.05, 3.63) is 36.1 Å². The lowest BCUT2D eigenvalue weighted by Gasteiger charge is -2.30. The summed E-state index contributed by atoms with van der Waals surface area (Å²) in [6.07, 6.45) is 7.40. The standard InChI is InChI=1S/C18H19N5OS2/c24-17(11-25-18-22-20-12-26-18)21-15-4-5-16(23-8-2-1-3-9-23)13-6-7-19-10-14(13)15/h4-7,10,12H,1-3,8-9,11H2,(H,21,24). The van der Waals surface area contributed by atoms with Gasteiger partial charge in [0.05, 0.1) is 11.4 Å². The lowest BCUT2D eigenvalue weighted by Crippen LogP contribution is -2.29. The Morgan fingerprint density at radius 2 is 2.08 bits per heavy atom. The number of amides is 1. The summed E-state index contributed by atoms with van der Waals surface area (Å²) in [5.74, 6) is 0.256. The fourth-order valence-corrected chi connectivity index (χ4v) is 4.52. The molecule has 8 heteroatoms. The van der Waals surface area contributed by atoms with Crippen LogP contribution in [0.5, 0.6) is 0 Å². The number of anilines is 2. The zero-order valence-corrected chi connectivity index (χ0v) is 15.9. The Kier molecular flexibility index (Phi) is 5.31. The van der Waals surface area contributed by atoms with Crippen LogP contribution in [-0.2, 0) is 4.79 Å². The minimum Gasteiger partial charge on any atom is -0.371 e. The number of hydrogen-bond donors (Lipinski definition) is 1. The number of carbonyl (C=O) groups excluding carboxylic acids is 1. The van der Waals surface area contributed by atoms with Crippen molar-refractivity contribution in [1.82, 2.24) is 15.2 Å². The molecular weight excluding hydrogens is 366 g/mol. The molecule has 1 fully saturated rings. The van der Waals surface area contributed by atoms with Crippen LogP contribution in [0.15, 0.2) is 40.4 Å². The van der Waals surface area contributed by atoms with Gasteiger partial charge in [-0.2, -0.15) is 0 Å². The second kappa shape index (κ2) is 8.01. The Labute approximate surface area is 160 Å². The van der Waals surface area contributed by atoms with Crippen molar-refractivity contribution in [2.24, 2.45) is 0 Å². The zero-order chi connectivity index (χ0) is 17.8. The maximum atomic E-state index is 12.3. The van der Waals surface area contributed by atoms with Crippen molar-refractivity contribution >= 4 is 51.2 Å². The molecule has 1 aliphatic rings. The molecule has 0 spiro atoms. The van der Waals surface area contributed by atoms with E-state index in [-0.39, 0.29) is 5.91 Å². The molecule has 0 atom stereocenters. The Balaban J connectivity index is 1.55. The number of fused-ring (bicyclic) bond motifs is 1. The van der Waals surface area contributed by atoms with Gasteiger partial charge in [0.2, 0.25) is 5.91 Å². The van der Waals surface area contributed by atoms with Gasteiger partial charge >= 0.3 is 0 Å². The molecule has 1 aromatic carbocycles. The highest BCUT2D eigenvalue weighted by Crippen LogP contribution is 2.33. The average Bonchev–Trinajstić information content (AvgIpc) is 3.21. The van der Waals surface area contributed by atoms with Gasteiger partial charge in [-0.05, 0) is 37.5 Å². The molecule has 134 valence electrons. The first kappa shape index (κ1) is 17.2. The van der Waals surface area contributed by atoms with Crippen molar-refractivity contribution in [1.29, 1.82) is 0 Å². The van der Waals surface area contributed by atoms with Gasteiger partial charge in [-0.3, -0.25) is 9.78 Å². The van der Waals surface area contributed by atoms with Crippen LogP contribution in [0.4, 0.5) is 11.4 Å². The minimum atomic E-state index is -0.0546. The Morgan fingerprint density at radius 1 is 1.19 bits per heavy atom. The summed E-state index contributed by atoms with van der Waals surface area (Å²) in [4.78, 5) is 19.0. The number of piperidine rings is 1. The van der Waals surface area contributed by atoms with Gasteiger partial charge in [-0.15, -0.1) is 10.2 Å². The number of rotatable bonds is 5. The number of carbonyl (C=O) groups is 1. The first-order valence-corrected chi connectivity index (χ1v) is 10.5. The summed E-state index contributed by atoms with van der Waals surface area (Å²) in [7, 11) is 0. The molecule has 0 saturated carbocycles. The molecule has 3 aromatic rings. The van der Waals surface area contributed by atoms with Gasteiger partial charge in [-0.25, -0.2) is 0 Å². The normalized spacial score (nSPS) is 14.5. The van der Waals surface area contributed by atoms with E-state index < -0.39 is 0 Å². The van der Waals surface area contributed by atoms with Crippen LogP contribution >= 0.6 is 23.1 Å². The minimum absolute atomic E-state index is 0.0546. The van der Waals surface area contributed by atoms with E-state index in [1.54, 1.807) is 5.51 Å². The molecular formula is C18H19N5OS2. The third-order valence-corrected chi connectivity index (χ3v) is 6.29. The number of benzene rings is 1. The van der Waals surface area contributed by atoms with E-state index in [1.807, 2.05) is 24.5 Å². The highest BCUT2D eigenvalue weighted by Gasteiger charge is 2.16. The SMILES string of the molecule is O=C(CSc1nncs1)Nc1ccc(N2CCCCC2)c2ccncc12. The molecule has 0 bridgehead atoms. The van der Waals surface area contributed by atoms with Crippen LogP contribution in [0, 0.1) is 0 Å². The smallest absolute Gasteiger partial charge is 0.234 e. The number of hydrogen-bond acceptors (Lipinski definition) is 7. The van der Waals surface area contributed by atoms with Crippen molar-refractivity contribution in [2.75, 3.05) is 29.1 Å². The van der Waals surface area contributed by atoms with E-state index in [0.29, 0.717) is 5.75 Å². The van der Waals surface area contributed by atoms with Crippen LogP contribution in [-0.4, -0.2) is 39.9 Å². The Morgan fingerprint density at radius 3 is 2.88 bits per heavy atom. The van der Waals surface area contributed by atoms with Gasteiger partial charge in [0.25, 0.3) is 0 Å². The Hall–Kier alpha value is -2.19. The molecule has 1 amide bonds. The quantitative estimate of drug-likeness (QED) is 0.674. The molecule has 0 radical (unpaired) electrons. The highest BCUT2D eigenvalue weighted by atomic mass is 32.2. The first-order chi connectivity index (χ1) is 12.8. The highest BCUT2D eigenvalue weighted by molar-refractivity contribution is 8.01. The predicted octanol–water partition coefficient (Wildman–Crippen LogP) is 3.81. The second-order valence-corrected chi connectivity index (χ2v) is 8.20. The van der Waals surface area contributed by atoms with Crippen LogP contribution < -0.4 is 10.2 Å². The molecule has 1 aliphatic heterocycles. The van der Waals surface area contributed by atoms with Crippen molar-refractivity contribution in [3.63, 3.8) is 0 Å². The second-order valence-electron chi connectivity index (χ2n) is 6.14. The summed E-state index contributed by atoms with van der Waals surface area (Å²) in [5.41, 5.74) is 3.69. The lowest BCUT2D eigenvalue weighted by molar-refractivity contribution is -0.113. The molecule has 1 N–H and O–H groups in total. The molecule has 0 aliphatic carbocycles. The summed E-state index contributed by atoms with van der Waals surface area (Å²) in [6.45, 7) is 2.17. The van der Waals surface area contributed by atoms with E-state index in [9.17, 15) is 4.79 Å². The molecule has 2 aromatic heterocycles. The van der Waals surface area contributed by atoms with E-state index in [1.165, 1.54) is 48.0 Å². The molecule has 4 rings (SSSR count). The third kappa shape index (κ3) is 3.81. The summed E-state index contributed by atoms with van der Waals surface area (Å²) in [6, 6.07) is 6.13. The number of aromatic nitrogens is 3. The summed E-state index contributed by atoms with van der Waals surface area (Å²) in [5, 5.41) is 12.9. The van der Waals surface area contributed by atoms with E-state index >= 15 is 0 Å². The molecule has 26 heavy (non-hydrogen) atoms. The van der Waals surface area contributed by atoms with Gasteiger partial charge in [-0.1, -0.05) is 23.1 Å². The molecule has 3 heterocycles. The molecule has 1 saturated heterocycles. The first-order valence-electron chi connectivity index (χ1n) is 8.62. The van der Waals surface area contributed by atoms with Crippen LogP contribution in [0.25, 0.3) is 10.8 Å². The number of nitrogens with zero attached hydrogens (tertiary/aromatic N) is 4. The summed E-state index contributed by atoms with van der Waals surface area (Å²) >= 11 is 2.83. The average molecular weight is 386 g/mol. The van der Waals surface area contributed by atoms with Gasteiger partial charge in [0.15, 0.2) is 4.34 Å². The zero-order valence-electron chi connectivity index (χ0n) is 14.2. The maximum absolute atomic E-state index is 12.3. The van der Waals surface area contributed by atoms with Crippen LogP contribution in [0.1, 0.15) is 19.3 Å².